The molecule has 1 aliphatic carbocycles. The summed E-state index contributed by atoms with van der Waals surface area (Å²) in [5.41, 5.74) is 6.37. The Labute approximate surface area is 89.5 Å². The summed E-state index contributed by atoms with van der Waals surface area (Å²) in [6, 6.07) is 3.59. The highest BCUT2D eigenvalue weighted by molar-refractivity contribution is 5.48. The van der Waals surface area contributed by atoms with Crippen molar-refractivity contribution in [1.82, 2.24) is 4.98 Å². The fraction of sp³-hybridized carbons (Fsp3) is 0.545. The van der Waals surface area contributed by atoms with Crippen molar-refractivity contribution in [2.45, 2.75) is 25.4 Å². The molecule has 0 amide bonds. The van der Waals surface area contributed by atoms with Crippen LogP contribution in [0.1, 0.15) is 19.3 Å². The number of pyridine rings is 1. The number of anilines is 2. The molecule has 2 rings (SSSR count). The second-order valence-corrected chi connectivity index (χ2v) is 4.19. The lowest BCUT2D eigenvalue weighted by atomic mass is 10.1. The van der Waals surface area contributed by atoms with Crippen LogP contribution in [-0.2, 0) is 0 Å². The maximum atomic E-state index is 9.38. The smallest absolute Gasteiger partial charge is 0.127 e. The van der Waals surface area contributed by atoms with E-state index in [9.17, 15) is 5.11 Å². The number of nitrogens with two attached hydrogens (primary N) is 1. The van der Waals surface area contributed by atoms with Gasteiger partial charge in [0, 0.05) is 24.5 Å². The van der Waals surface area contributed by atoms with Crippen LogP contribution in [0, 0.1) is 5.92 Å². The van der Waals surface area contributed by atoms with E-state index < -0.39 is 0 Å². The van der Waals surface area contributed by atoms with E-state index in [1.165, 1.54) is 0 Å². The minimum absolute atomic E-state index is 0.106. The minimum Gasteiger partial charge on any atom is -0.399 e. The molecule has 0 aliphatic heterocycles. The Kier molecular flexibility index (Phi) is 3.06. The van der Waals surface area contributed by atoms with Crippen molar-refractivity contribution in [1.29, 1.82) is 0 Å². The van der Waals surface area contributed by atoms with Crippen LogP contribution >= 0.6 is 0 Å². The van der Waals surface area contributed by atoms with E-state index in [0.717, 1.165) is 37.3 Å². The fourth-order valence-corrected chi connectivity index (χ4v) is 2.03. The largest absolute Gasteiger partial charge is 0.399 e. The molecule has 1 aromatic rings. The van der Waals surface area contributed by atoms with Crippen molar-refractivity contribution in [3.8, 4) is 0 Å². The molecule has 4 nitrogen and oxygen atoms in total. The van der Waals surface area contributed by atoms with Crippen molar-refractivity contribution in [2.75, 3.05) is 17.6 Å². The van der Waals surface area contributed by atoms with E-state index in [4.69, 9.17) is 5.73 Å². The van der Waals surface area contributed by atoms with E-state index in [0.29, 0.717) is 5.92 Å². The van der Waals surface area contributed by atoms with Crippen LogP contribution in [0.25, 0.3) is 0 Å². The summed E-state index contributed by atoms with van der Waals surface area (Å²) in [4.78, 5) is 4.17. The molecule has 1 fully saturated rings. The van der Waals surface area contributed by atoms with Gasteiger partial charge in [-0.05, 0) is 31.2 Å². The highest BCUT2D eigenvalue weighted by Gasteiger charge is 2.22. The molecule has 0 spiro atoms. The highest BCUT2D eigenvalue weighted by atomic mass is 16.3. The Hall–Kier alpha value is -1.29. The van der Waals surface area contributed by atoms with E-state index in [-0.39, 0.29) is 6.10 Å². The molecule has 1 saturated carbocycles. The van der Waals surface area contributed by atoms with E-state index in [1.807, 2.05) is 6.07 Å². The standard InChI is InChI=1S/C11H17N3O/c12-9-3-4-13-11(6-9)14-7-8-1-2-10(15)5-8/h3-4,6,8,10,15H,1-2,5,7H2,(H3,12,13,14). The zero-order chi connectivity index (χ0) is 10.7. The van der Waals surface area contributed by atoms with Gasteiger partial charge in [0.05, 0.1) is 6.10 Å². The topological polar surface area (TPSA) is 71.2 Å². The number of nitrogens with zero attached hydrogens (tertiary/aromatic N) is 1. The van der Waals surface area contributed by atoms with Gasteiger partial charge in [0.2, 0.25) is 0 Å². The molecule has 4 heteroatoms. The van der Waals surface area contributed by atoms with Crippen LogP contribution in [-0.4, -0.2) is 22.7 Å². The van der Waals surface area contributed by atoms with Gasteiger partial charge in [-0.25, -0.2) is 4.98 Å². The quantitative estimate of drug-likeness (QED) is 0.697. The molecule has 0 bridgehead atoms. The molecular weight excluding hydrogens is 190 g/mol. The van der Waals surface area contributed by atoms with E-state index in [1.54, 1.807) is 12.3 Å². The van der Waals surface area contributed by atoms with Crippen molar-refractivity contribution in [2.24, 2.45) is 5.92 Å². The van der Waals surface area contributed by atoms with Gasteiger partial charge in [0.25, 0.3) is 0 Å². The van der Waals surface area contributed by atoms with Gasteiger partial charge in [-0.2, -0.15) is 0 Å². The van der Waals surface area contributed by atoms with Crippen LogP contribution in [0.3, 0.4) is 0 Å². The molecule has 1 aliphatic rings. The molecule has 4 N–H and O–H groups in total. The number of nitrogens with one attached hydrogen (secondary N) is 1. The number of nitrogen functional groups attached to an aromatic ring is 1. The highest BCUT2D eigenvalue weighted by Crippen LogP contribution is 2.25. The third-order valence-electron chi connectivity index (χ3n) is 2.87. The van der Waals surface area contributed by atoms with Gasteiger partial charge >= 0.3 is 0 Å². The molecule has 15 heavy (non-hydrogen) atoms. The Morgan fingerprint density at radius 3 is 3.07 bits per heavy atom. The van der Waals surface area contributed by atoms with Crippen LogP contribution in [0.4, 0.5) is 11.5 Å². The average molecular weight is 207 g/mol. The van der Waals surface area contributed by atoms with Crippen molar-refractivity contribution in [3.05, 3.63) is 18.3 Å². The van der Waals surface area contributed by atoms with Crippen LogP contribution in [0.2, 0.25) is 0 Å². The fourth-order valence-electron chi connectivity index (χ4n) is 2.03. The lowest BCUT2D eigenvalue weighted by molar-refractivity contribution is 0.178. The van der Waals surface area contributed by atoms with E-state index >= 15 is 0 Å². The monoisotopic (exact) mass is 207 g/mol. The lowest BCUT2D eigenvalue weighted by Crippen LogP contribution is -2.13. The summed E-state index contributed by atoms with van der Waals surface area (Å²) in [6.07, 6.45) is 4.51. The number of aromatic nitrogens is 1. The van der Waals surface area contributed by atoms with Gasteiger partial charge in [-0.1, -0.05) is 0 Å². The first-order valence-electron chi connectivity index (χ1n) is 5.37. The summed E-state index contributed by atoms with van der Waals surface area (Å²) in [5, 5.41) is 12.6. The Bertz CT molecular complexity index is 329. The van der Waals surface area contributed by atoms with Crippen LogP contribution in [0.15, 0.2) is 18.3 Å². The summed E-state index contributed by atoms with van der Waals surface area (Å²) in [7, 11) is 0. The molecule has 2 atom stereocenters. The van der Waals surface area contributed by atoms with Crippen LogP contribution < -0.4 is 11.1 Å². The number of rotatable bonds is 3. The maximum absolute atomic E-state index is 9.38. The minimum atomic E-state index is -0.106. The third kappa shape index (κ3) is 2.83. The van der Waals surface area contributed by atoms with Gasteiger partial charge in [-0.3, -0.25) is 0 Å². The Balaban J connectivity index is 1.83. The zero-order valence-corrected chi connectivity index (χ0v) is 8.69. The Morgan fingerprint density at radius 1 is 1.53 bits per heavy atom. The predicted molar refractivity (Wildman–Crippen MR) is 60.5 cm³/mol. The number of aliphatic hydroxyl groups is 1. The van der Waals surface area contributed by atoms with Gasteiger partial charge in [0.15, 0.2) is 0 Å². The Morgan fingerprint density at radius 2 is 2.40 bits per heavy atom. The summed E-state index contributed by atoms with van der Waals surface area (Å²) in [6.45, 7) is 0.869. The summed E-state index contributed by atoms with van der Waals surface area (Å²) >= 11 is 0. The normalized spacial score (nSPS) is 25.4. The number of hydrogen-bond donors (Lipinski definition) is 3. The molecule has 0 radical (unpaired) electrons. The zero-order valence-electron chi connectivity index (χ0n) is 8.69. The molecule has 82 valence electrons. The van der Waals surface area contributed by atoms with E-state index in [2.05, 4.69) is 10.3 Å². The summed E-state index contributed by atoms with van der Waals surface area (Å²) in [5.74, 6) is 1.37. The second-order valence-electron chi connectivity index (χ2n) is 4.19. The van der Waals surface area contributed by atoms with Gasteiger partial charge in [0.1, 0.15) is 5.82 Å². The number of hydrogen-bond acceptors (Lipinski definition) is 4. The molecule has 1 aromatic heterocycles. The van der Waals surface area contributed by atoms with Crippen LogP contribution in [0.5, 0.6) is 0 Å². The lowest BCUT2D eigenvalue weighted by Gasteiger charge is -2.11. The van der Waals surface area contributed by atoms with Crippen molar-refractivity contribution >= 4 is 11.5 Å². The van der Waals surface area contributed by atoms with Crippen molar-refractivity contribution in [3.63, 3.8) is 0 Å². The van der Waals surface area contributed by atoms with Gasteiger partial charge in [-0.15, -0.1) is 0 Å². The molecule has 0 aromatic carbocycles. The summed E-state index contributed by atoms with van der Waals surface area (Å²) < 4.78 is 0. The SMILES string of the molecule is Nc1ccnc(NCC2CCC(O)C2)c1. The average Bonchev–Trinajstić information content (AvgIpc) is 2.62. The second kappa shape index (κ2) is 4.49. The first-order valence-corrected chi connectivity index (χ1v) is 5.37. The number of aliphatic hydroxyl groups excluding tert-OH is 1. The first-order chi connectivity index (χ1) is 7.24. The maximum Gasteiger partial charge on any atom is 0.127 e. The first kappa shape index (κ1) is 10.2. The molecule has 1 heterocycles. The molecule has 0 saturated heterocycles. The predicted octanol–water partition coefficient (Wildman–Crippen LogP) is 1.24. The van der Waals surface area contributed by atoms with Gasteiger partial charge < -0.3 is 16.2 Å². The van der Waals surface area contributed by atoms with Crippen molar-refractivity contribution < 1.29 is 5.11 Å². The molecule has 2 unspecified atom stereocenters. The third-order valence-corrected chi connectivity index (χ3v) is 2.87. The molecular formula is C11H17N3O.